The molecule has 1 fully saturated rings. The van der Waals surface area contributed by atoms with E-state index in [1.54, 1.807) is 6.07 Å². The van der Waals surface area contributed by atoms with Crippen LogP contribution < -0.4 is 10.1 Å². The summed E-state index contributed by atoms with van der Waals surface area (Å²) in [7, 11) is 1.51. The van der Waals surface area contributed by atoms with Crippen molar-refractivity contribution in [2.45, 2.75) is 12.8 Å². The summed E-state index contributed by atoms with van der Waals surface area (Å²) in [6, 6.07) is 4.45. The molecule has 1 unspecified atom stereocenters. The number of nitrogens with zero attached hydrogens (tertiary/aromatic N) is 1. The van der Waals surface area contributed by atoms with E-state index in [1.165, 1.54) is 19.2 Å². The molecule has 2 rings (SSSR count). The highest BCUT2D eigenvalue weighted by Crippen LogP contribution is 2.28. The standard InChI is InChI=1S/C12H14N2O4/c1-18-11-3-2-10(14(16)17)7-9(11)6-8-4-5-13-12(8)15/h2-3,7-8H,4-6H2,1H3,(H,13,15). The first kappa shape index (κ1) is 12.3. The highest BCUT2D eigenvalue weighted by Gasteiger charge is 2.26. The van der Waals surface area contributed by atoms with Gasteiger partial charge in [0, 0.05) is 30.2 Å². The highest BCUT2D eigenvalue weighted by atomic mass is 16.6. The summed E-state index contributed by atoms with van der Waals surface area (Å²) in [4.78, 5) is 21.8. The maximum atomic E-state index is 11.5. The summed E-state index contributed by atoms with van der Waals surface area (Å²) in [6.07, 6.45) is 1.22. The van der Waals surface area contributed by atoms with Gasteiger partial charge in [-0.15, -0.1) is 0 Å². The van der Waals surface area contributed by atoms with Gasteiger partial charge in [0.1, 0.15) is 5.75 Å². The monoisotopic (exact) mass is 250 g/mol. The van der Waals surface area contributed by atoms with Crippen molar-refractivity contribution in [2.75, 3.05) is 13.7 Å². The molecule has 6 heteroatoms. The van der Waals surface area contributed by atoms with Gasteiger partial charge in [-0.2, -0.15) is 0 Å². The number of hydrogen-bond acceptors (Lipinski definition) is 4. The van der Waals surface area contributed by atoms with Crippen LogP contribution in [0.4, 0.5) is 5.69 Å². The Morgan fingerprint density at radius 2 is 2.33 bits per heavy atom. The number of ether oxygens (including phenoxy) is 1. The molecule has 0 saturated carbocycles. The molecule has 1 N–H and O–H groups in total. The van der Waals surface area contributed by atoms with E-state index in [0.29, 0.717) is 24.3 Å². The number of benzene rings is 1. The zero-order chi connectivity index (χ0) is 13.1. The fourth-order valence-electron chi connectivity index (χ4n) is 2.14. The van der Waals surface area contributed by atoms with E-state index in [0.717, 1.165) is 6.42 Å². The maximum absolute atomic E-state index is 11.5. The highest BCUT2D eigenvalue weighted by molar-refractivity contribution is 5.81. The van der Waals surface area contributed by atoms with Gasteiger partial charge in [-0.25, -0.2) is 0 Å². The van der Waals surface area contributed by atoms with E-state index >= 15 is 0 Å². The summed E-state index contributed by atoms with van der Waals surface area (Å²) in [5.74, 6) is 0.463. The van der Waals surface area contributed by atoms with Gasteiger partial charge in [0.25, 0.3) is 5.69 Å². The number of nitrogens with one attached hydrogen (secondary N) is 1. The molecule has 18 heavy (non-hydrogen) atoms. The molecule has 0 radical (unpaired) electrons. The number of nitro benzene ring substituents is 1. The van der Waals surface area contributed by atoms with Crippen molar-refractivity contribution in [1.82, 2.24) is 5.32 Å². The van der Waals surface area contributed by atoms with Crippen LogP contribution in [0.3, 0.4) is 0 Å². The lowest BCUT2D eigenvalue weighted by atomic mass is 9.97. The van der Waals surface area contributed by atoms with Crippen LogP contribution in [0.25, 0.3) is 0 Å². The van der Waals surface area contributed by atoms with Gasteiger partial charge in [0.05, 0.1) is 12.0 Å². The molecule has 1 aromatic rings. The van der Waals surface area contributed by atoms with Crippen LogP contribution in [0, 0.1) is 16.0 Å². The molecule has 1 aliphatic rings. The van der Waals surface area contributed by atoms with Crippen molar-refractivity contribution < 1.29 is 14.5 Å². The van der Waals surface area contributed by atoms with Crippen LogP contribution in [0.1, 0.15) is 12.0 Å². The Bertz CT molecular complexity index is 487. The average Bonchev–Trinajstić information content (AvgIpc) is 2.75. The fraction of sp³-hybridized carbons (Fsp3) is 0.417. The topological polar surface area (TPSA) is 81.5 Å². The van der Waals surface area contributed by atoms with Crippen LogP contribution >= 0.6 is 0 Å². The van der Waals surface area contributed by atoms with Crippen molar-refractivity contribution in [3.63, 3.8) is 0 Å². The van der Waals surface area contributed by atoms with Crippen molar-refractivity contribution in [3.8, 4) is 5.75 Å². The lowest BCUT2D eigenvalue weighted by Crippen LogP contribution is -2.20. The summed E-state index contributed by atoms with van der Waals surface area (Å²) in [5.41, 5.74) is 0.720. The third-order valence-corrected chi connectivity index (χ3v) is 3.10. The Hall–Kier alpha value is -2.11. The van der Waals surface area contributed by atoms with Gasteiger partial charge in [0.2, 0.25) is 5.91 Å². The molecule has 1 aromatic carbocycles. The van der Waals surface area contributed by atoms with Gasteiger partial charge >= 0.3 is 0 Å². The predicted molar refractivity (Wildman–Crippen MR) is 64.5 cm³/mol. The van der Waals surface area contributed by atoms with E-state index in [2.05, 4.69) is 5.32 Å². The van der Waals surface area contributed by atoms with E-state index in [9.17, 15) is 14.9 Å². The lowest BCUT2D eigenvalue weighted by molar-refractivity contribution is -0.384. The molecular formula is C12H14N2O4. The zero-order valence-corrected chi connectivity index (χ0v) is 10.0. The van der Waals surface area contributed by atoms with Crippen molar-refractivity contribution in [2.24, 2.45) is 5.92 Å². The first-order valence-electron chi connectivity index (χ1n) is 5.71. The van der Waals surface area contributed by atoms with Crippen molar-refractivity contribution in [1.29, 1.82) is 0 Å². The molecule has 0 bridgehead atoms. The van der Waals surface area contributed by atoms with Gasteiger partial charge in [-0.1, -0.05) is 0 Å². The number of carbonyl (C=O) groups is 1. The smallest absolute Gasteiger partial charge is 0.269 e. The molecule has 1 atom stereocenters. The minimum Gasteiger partial charge on any atom is -0.496 e. The molecule has 0 spiro atoms. The minimum atomic E-state index is -0.447. The normalized spacial score (nSPS) is 18.5. The van der Waals surface area contributed by atoms with Gasteiger partial charge in [-0.05, 0) is 18.9 Å². The second kappa shape index (κ2) is 5.03. The maximum Gasteiger partial charge on any atom is 0.269 e. The van der Waals surface area contributed by atoms with Crippen molar-refractivity contribution >= 4 is 11.6 Å². The first-order valence-corrected chi connectivity index (χ1v) is 5.71. The Morgan fingerprint density at radius 1 is 1.56 bits per heavy atom. The third kappa shape index (κ3) is 2.42. The van der Waals surface area contributed by atoms with E-state index in [1.807, 2.05) is 0 Å². The number of methoxy groups -OCH3 is 1. The van der Waals surface area contributed by atoms with E-state index < -0.39 is 4.92 Å². The third-order valence-electron chi connectivity index (χ3n) is 3.10. The lowest BCUT2D eigenvalue weighted by Gasteiger charge is -2.11. The first-order chi connectivity index (χ1) is 8.61. The Balaban J connectivity index is 2.26. The number of amides is 1. The average molecular weight is 250 g/mol. The summed E-state index contributed by atoms with van der Waals surface area (Å²) in [5, 5.41) is 13.5. The van der Waals surface area contributed by atoms with Crippen LogP contribution in [-0.2, 0) is 11.2 Å². The number of rotatable bonds is 4. The molecule has 0 aliphatic carbocycles. The largest absolute Gasteiger partial charge is 0.496 e. The van der Waals surface area contributed by atoms with Crippen LogP contribution in [0.5, 0.6) is 5.75 Å². The van der Waals surface area contributed by atoms with Crippen LogP contribution in [0.2, 0.25) is 0 Å². The molecule has 1 heterocycles. The minimum absolute atomic E-state index is 0.00330. The van der Waals surface area contributed by atoms with Crippen LogP contribution in [-0.4, -0.2) is 24.5 Å². The summed E-state index contributed by atoms with van der Waals surface area (Å²) >= 11 is 0. The molecule has 1 aliphatic heterocycles. The number of non-ortho nitro benzene ring substituents is 1. The fourth-order valence-corrected chi connectivity index (χ4v) is 2.14. The molecule has 96 valence electrons. The van der Waals surface area contributed by atoms with Gasteiger partial charge < -0.3 is 10.1 Å². The zero-order valence-electron chi connectivity index (χ0n) is 10.0. The Labute approximate surface area is 104 Å². The summed E-state index contributed by atoms with van der Waals surface area (Å²) in [6.45, 7) is 0.667. The molecule has 0 aromatic heterocycles. The second-order valence-electron chi connectivity index (χ2n) is 4.23. The molecule has 1 saturated heterocycles. The number of carbonyl (C=O) groups excluding carboxylic acids is 1. The van der Waals surface area contributed by atoms with Crippen LogP contribution in [0.15, 0.2) is 18.2 Å². The number of hydrogen-bond donors (Lipinski definition) is 1. The predicted octanol–water partition coefficient (Wildman–Crippen LogP) is 1.28. The second-order valence-corrected chi connectivity index (χ2v) is 4.23. The Morgan fingerprint density at radius 3 is 2.89 bits per heavy atom. The van der Waals surface area contributed by atoms with Gasteiger partial charge in [-0.3, -0.25) is 14.9 Å². The van der Waals surface area contributed by atoms with E-state index in [-0.39, 0.29) is 17.5 Å². The summed E-state index contributed by atoms with van der Waals surface area (Å²) < 4.78 is 5.17. The van der Waals surface area contributed by atoms with Gasteiger partial charge in [0.15, 0.2) is 0 Å². The molecule has 1 amide bonds. The molecule has 6 nitrogen and oxygen atoms in total. The quantitative estimate of drug-likeness (QED) is 0.644. The van der Waals surface area contributed by atoms with Crippen molar-refractivity contribution in [3.05, 3.63) is 33.9 Å². The SMILES string of the molecule is COc1ccc([N+](=O)[O-])cc1CC1CCNC1=O. The Kier molecular flexibility index (Phi) is 3.45. The van der Waals surface area contributed by atoms with E-state index in [4.69, 9.17) is 4.74 Å². The molecular weight excluding hydrogens is 236 g/mol. The number of nitro groups is 1.